The molecule has 0 spiro atoms. The van der Waals surface area contributed by atoms with Crippen LogP contribution in [0, 0.1) is 0 Å². The van der Waals surface area contributed by atoms with Crippen LogP contribution in [0.3, 0.4) is 0 Å². The summed E-state index contributed by atoms with van der Waals surface area (Å²) in [5.74, 6) is 1.34. The minimum atomic E-state index is -0.164. The number of aromatic nitrogens is 3. The SMILES string of the molecule is O=C(Nc1ccc(-c2ncn[nH]2)cc1)c1ccc(COc2ccccc2)cc1. The zero-order valence-corrected chi connectivity index (χ0v) is 15.0. The topological polar surface area (TPSA) is 79.9 Å². The first-order chi connectivity index (χ1) is 13.8. The molecule has 0 saturated heterocycles. The second kappa shape index (κ2) is 8.18. The van der Waals surface area contributed by atoms with E-state index in [-0.39, 0.29) is 5.91 Å². The van der Waals surface area contributed by atoms with Gasteiger partial charge in [0, 0.05) is 16.8 Å². The molecule has 1 heterocycles. The van der Waals surface area contributed by atoms with Gasteiger partial charge in [-0.15, -0.1) is 0 Å². The van der Waals surface area contributed by atoms with Gasteiger partial charge in [-0.05, 0) is 54.1 Å². The van der Waals surface area contributed by atoms with E-state index in [0.717, 1.165) is 16.9 Å². The van der Waals surface area contributed by atoms with E-state index in [4.69, 9.17) is 4.74 Å². The number of hydrogen-bond donors (Lipinski definition) is 2. The van der Waals surface area contributed by atoms with Crippen molar-refractivity contribution in [3.05, 3.63) is 96.3 Å². The Balaban J connectivity index is 1.35. The Morgan fingerprint density at radius 1 is 0.929 bits per heavy atom. The average molecular weight is 370 g/mol. The van der Waals surface area contributed by atoms with Gasteiger partial charge in [-0.3, -0.25) is 9.89 Å². The number of ether oxygens (including phenoxy) is 1. The summed E-state index contributed by atoms with van der Waals surface area (Å²) in [6.07, 6.45) is 1.46. The van der Waals surface area contributed by atoms with Crippen molar-refractivity contribution >= 4 is 11.6 Å². The molecular formula is C22H18N4O2. The Kier molecular flexibility index (Phi) is 5.11. The van der Waals surface area contributed by atoms with Crippen LogP contribution in [0.5, 0.6) is 5.75 Å². The molecule has 1 aromatic heterocycles. The standard InChI is InChI=1S/C22H18N4O2/c27-22(25-19-12-10-17(11-13-19)21-23-15-24-26-21)18-8-6-16(7-9-18)14-28-20-4-2-1-3-5-20/h1-13,15H,14H2,(H,25,27)(H,23,24,26). The molecular weight excluding hydrogens is 352 g/mol. The third-order valence-electron chi connectivity index (χ3n) is 4.20. The highest BCUT2D eigenvalue weighted by atomic mass is 16.5. The molecule has 6 heteroatoms. The van der Waals surface area contributed by atoms with Crippen molar-refractivity contribution in [1.29, 1.82) is 0 Å². The zero-order valence-electron chi connectivity index (χ0n) is 15.0. The molecule has 4 aromatic rings. The summed E-state index contributed by atoms with van der Waals surface area (Å²) in [5.41, 5.74) is 3.20. The molecule has 0 unspecified atom stereocenters. The number of nitrogens with one attached hydrogen (secondary N) is 2. The fraction of sp³-hybridized carbons (Fsp3) is 0.0455. The number of amides is 1. The van der Waals surface area contributed by atoms with E-state index >= 15 is 0 Å². The van der Waals surface area contributed by atoms with Crippen LogP contribution in [0.15, 0.2) is 85.2 Å². The lowest BCUT2D eigenvalue weighted by atomic mass is 10.1. The van der Waals surface area contributed by atoms with E-state index < -0.39 is 0 Å². The molecule has 2 N–H and O–H groups in total. The molecule has 0 aliphatic rings. The lowest BCUT2D eigenvalue weighted by Crippen LogP contribution is -2.11. The van der Waals surface area contributed by atoms with Crippen LogP contribution < -0.4 is 10.1 Å². The summed E-state index contributed by atoms with van der Waals surface area (Å²) in [6.45, 7) is 0.453. The normalized spacial score (nSPS) is 10.4. The average Bonchev–Trinajstić information content (AvgIpc) is 3.29. The number of H-pyrrole nitrogens is 1. The Hall–Kier alpha value is -3.93. The van der Waals surface area contributed by atoms with Gasteiger partial charge >= 0.3 is 0 Å². The first kappa shape index (κ1) is 17.5. The van der Waals surface area contributed by atoms with Crippen LogP contribution in [-0.4, -0.2) is 21.1 Å². The molecule has 138 valence electrons. The van der Waals surface area contributed by atoms with Crippen molar-refractivity contribution in [2.75, 3.05) is 5.32 Å². The van der Waals surface area contributed by atoms with Crippen LogP contribution in [-0.2, 0) is 6.61 Å². The van der Waals surface area contributed by atoms with E-state index in [1.54, 1.807) is 12.1 Å². The Morgan fingerprint density at radius 3 is 2.36 bits per heavy atom. The smallest absolute Gasteiger partial charge is 0.255 e. The number of benzene rings is 3. The fourth-order valence-corrected chi connectivity index (χ4v) is 2.69. The molecule has 0 radical (unpaired) electrons. The van der Waals surface area contributed by atoms with Crippen LogP contribution in [0.1, 0.15) is 15.9 Å². The van der Waals surface area contributed by atoms with Crippen LogP contribution in [0.4, 0.5) is 5.69 Å². The number of carbonyl (C=O) groups is 1. The van der Waals surface area contributed by atoms with Gasteiger partial charge in [0.2, 0.25) is 0 Å². The maximum atomic E-state index is 12.4. The van der Waals surface area contributed by atoms with Gasteiger partial charge in [-0.1, -0.05) is 30.3 Å². The van der Waals surface area contributed by atoms with Crippen molar-refractivity contribution in [3.8, 4) is 17.1 Å². The lowest BCUT2D eigenvalue weighted by molar-refractivity contribution is 0.102. The van der Waals surface area contributed by atoms with Crippen molar-refractivity contribution in [1.82, 2.24) is 15.2 Å². The number of para-hydroxylation sites is 1. The first-order valence-electron chi connectivity index (χ1n) is 8.82. The summed E-state index contributed by atoms with van der Waals surface area (Å²) in [4.78, 5) is 16.6. The molecule has 1 amide bonds. The second-order valence-electron chi connectivity index (χ2n) is 6.16. The molecule has 0 fully saturated rings. The fourth-order valence-electron chi connectivity index (χ4n) is 2.69. The summed E-state index contributed by atoms with van der Waals surface area (Å²) in [7, 11) is 0. The second-order valence-corrected chi connectivity index (χ2v) is 6.16. The summed E-state index contributed by atoms with van der Waals surface area (Å²) in [5, 5.41) is 9.53. The predicted octanol–water partition coefficient (Wildman–Crippen LogP) is 4.30. The Labute approximate surface area is 162 Å². The van der Waals surface area contributed by atoms with Crippen LogP contribution in [0.2, 0.25) is 0 Å². The molecule has 0 aliphatic heterocycles. The van der Waals surface area contributed by atoms with Gasteiger partial charge < -0.3 is 10.1 Å². The molecule has 0 bridgehead atoms. The van der Waals surface area contributed by atoms with Gasteiger partial charge in [0.1, 0.15) is 18.7 Å². The highest BCUT2D eigenvalue weighted by molar-refractivity contribution is 6.04. The number of rotatable bonds is 6. The van der Waals surface area contributed by atoms with Gasteiger partial charge in [0.25, 0.3) is 5.91 Å². The summed E-state index contributed by atoms with van der Waals surface area (Å²) < 4.78 is 5.72. The number of anilines is 1. The quantitative estimate of drug-likeness (QED) is 0.530. The molecule has 3 aromatic carbocycles. The minimum absolute atomic E-state index is 0.164. The summed E-state index contributed by atoms with van der Waals surface area (Å²) in [6, 6.07) is 24.4. The maximum absolute atomic E-state index is 12.4. The Morgan fingerprint density at radius 2 is 1.68 bits per heavy atom. The Bertz CT molecular complexity index is 1030. The van der Waals surface area contributed by atoms with E-state index in [0.29, 0.717) is 23.7 Å². The molecule has 6 nitrogen and oxygen atoms in total. The minimum Gasteiger partial charge on any atom is -0.489 e. The first-order valence-corrected chi connectivity index (χ1v) is 8.82. The third kappa shape index (κ3) is 4.24. The van der Waals surface area contributed by atoms with Crippen LogP contribution >= 0.6 is 0 Å². The monoisotopic (exact) mass is 370 g/mol. The van der Waals surface area contributed by atoms with Gasteiger partial charge in [0.15, 0.2) is 5.82 Å². The maximum Gasteiger partial charge on any atom is 0.255 e. The van der Waals surface area contributed by atoms with Crippen molar-refractivity contribution in [3.63, 3.8) is 0 Å². The van der Waals surface area contributed by atoms with Crippen molar-refractivity contribution < 1.29 is 9.53 Å². The zero-order chi connectivity index (χ0) is 19.2. The number of carbonyl (C=O) groups excluding carboxylic acids is 1. The summed E-state index contributed by atoms with van der Waals surface area (Å²) >= 11 is 0. The van der Waals surface area contributed by atoms with E-state index in [1.807, 2.05) is 66.7 Å². The molecule has 28 heavy (non-hydrogen) atoms. The van der Waals surface area contributed by atoms with E-state index in [9.17, 15) is 4.79 Å². The van der Waals surface area contributed by atoms with Gasteiger partial charge in [0.05, 0.1) is 0 Å². The molecule has 4 rings (SSSR count). The largest absolute Gasteiger partial charge is 0.489 e. The lowest BCUT2D eigenvalue weighted by Gasteiger charge is -2.08. The predicted molar refractivity (Wildman–Crippen MR) is 107 cm³/mol. The van der Waals surface area contributed by atoms with E-state index in [2.05, 4.69) is 20.5 Å². The highest BCUT2D eigenvalue weighted by Crippen LogP contribution is 2.18. The van der Waals surface area contributed by atoms with Gasteiger partial charge in [-0.2, -0.15) is 5.10 Å². The molecule has 0 saturated carbocycles. The van der Waals surface area contributed by atoms with Gasteiger partial charge in [-0.25, -0.2) is 4.98 Å². The number of aromatic amines is 1. The molecule has 0 atom stereocenters. The number of nitrogens with zero attached hydrogens (tertiary/aromatic N) is 2. The highest BCUT2D eigenvalue weighted by Gasteiger charge is 2.07. The van der Waals surface area contributed by atoms with Crippen LogP contribution in [0.25, 0.3) is 11.4 Å². The van der Waals surface area contributed by atoms with Crippen molar-refractivity contribution in [2.24, 2.45) is 0 Å². The van der Waals surface area contributed by atoms with E-state index in [1.165, 1.54) is 6.33 Å². The molecule has 0 aliphatic carbocycles. The van der Waals surface area contributed by atoms with Crippen molar-refractivity contribution in [2.45, 2.75) is 6.61 Å². The number of hydrogen-bond acceptors (Lipinski definition) is 4. The third-order valence-corrected chi connectivity index (χ3v) is 4.20.